The fourth-order valence-corrected chi connectivity index (χ4v) is 3.43. The lowest BCUT2D eigenvalue weighted by molar-refractivity contribution is 0.0977. The third-order valence-corrected chi connectivity index (χ3v) is 5.17. The molecule has 1 aromatic heterocycles. The van der Waals surface area contributed by atoms with Gasteiger partial charge in [0.2, 0.25) is 0 Å². The van der Waals surface area contributed by atoms with Crippen molar-refractivity contribution in [2.24, 2.45) is 0 Å². The standard InChI is InChI=1S/C27H23N3O2S/c31-26(23-8-12-25(13-9-23)32-19-22-4-2-1-3-5-22)30-27(33)29-24-10-6-20(7-11-24)18-21-14-16-28-17-15-21/h1-17H,18-19H2,(H2,29,30,31,33). The molecule has 2 N–H and O–H groups in total. The van der Waals surface area contributed by atoms with Crippen LogP contribution in [0, 0.1) is 0 Å². The summed E-state index contributed by atoms with van der Waals surface area (Å²) in [5, 5.41) is 6.00. The number of rotatable bonds is 7. The number of benzene rings is 3. The summed E-state index contributed by atoms with van der Waals surface area (Å²) in [4.78, 5) is 16.5. The Balaban J connectivity index is 1.26. The Morgan fingerprint density at radius 2 is 1.45 bits per heavy atom. The van der Waals surface area contributed by atoms with Gasteiger partial charge in [-0.2, -0.15) is 0 Å². The van der Waals surface area contributed by atoms with Crippen LogP contribution >= 0.6 is 12.2 Å². The first kappa shape index (κ1) is 22.2. The molecular formula is C27H23N3O2S. The van der Waals surface area contributed by atoms with Crippen molar-refractivity contribution in [1.82, 2.24) is 10.3 Å². The number of amides is 1. The average molecular weight is 454 g/mol. The molecule has 0 unspecified atom stereocenters. The number of hydrogen-bond acceptors (Lipinski definition) is 4. The summed E-state index contributed by atoms with van der Waals surface area (Å²) in [5.74, 6) is 0.416. The van der Waals surface area contributed by atoms with Crippen LogP contribution in [0.1, 0.15) is 27.0 Å². The molecule has 0 aliphatic rings. The zero-order valence-corrected chi connectivity index (χ0v) is 18.7. The minimum atomic E-state index is -0.281. The molecule has 0 saturated carbocycles. The molecular weight excluding hydrogens is 430 g/mol. The van der Waals surface area contributed by atoms with Crippen LogP contribution in [0.25, 0.3) is 0 Å². The highest BCUT2D eigenvalue weighted by Crippen LogP contribution is 2.15. The summed E-state index contributed by atoms with van der Waals surface area (Å²) in [6, 6.07) is 28.8. The first-order valence-corrected chi connectivity index (χ1v) is 10.9. The Kier molecular flexibility index (Phi) is 7.40. The number of anilines is 1. The third-order valence-electron chi connectivity index (χ3n) is 4.96. The lowest BCUT2D eigenvalue weighted by Gasteiger charge is -2.11. The molecule has 1 heterocycles. The number of pyridine rings is 1. The fourth-order valence-electron chi connectivity index (χ4n) is 3.22. The van der Waals surface area contributed by atoms with Gasteiger partial charge in [0.1, 0.15) is 12.4 Å². The van der Waals surface area contributed by atoms with Crippen molar-refractivity contribution in [3.63, 3.8) is 0 Å². The average Bonchev–Trinajstić information content (AvgIpc) is 2.85. The topological polar surface area (TPSA) is 63.2 Å². The summed E-state index contributed by atoms with van der Waals surface area (Å²) < 4.78 is 5.76. The van der Waals surface area contributed by atoms with E-state index in [9.17, 15) is 4.79 Å². The quantitative estimate of drug-likeness (QED) is 0.368. The van der Waals surface area contributed by atoms with Crippen LogP contribution in [0.2, 0.25) is 0 Å². The second kappa shape index (κ2) is 11.0. The van der Waals surface area contributed by atoms with Crippen LogP contribution in [0.5, 0.6) is 5.75 Å². The molecule has 0 atom stereocenters. The predicted molar refractivity (Wildman–Crippen MR) is 134 cm³/mol. The van der Waals surface area contributed by atoms with E-state index in [4.69, 9.17) is 17.0 Å². The summed E-state index contributed by atoms with van der Waals surface area (Å²) in [5.41, 5.74) is 4.77. The SMILES string of the molecule is O=C(NC(=S)Nc1ccc(Cc2ccncc2)cc1)c1ccc(OCc2ccccc2)cc1. The zero-order chi connectivity index (χ0) is 22.9. The summed E-state index contributed by atoms with van der Waals surface area (Å²) in [6.07, 6.45) is 4.41. The highest BCUT2D eigenvalue weighted by Gasteiger charge is 2.09. The maximum atomic E-state index is 12.5. The van der Waals surface area contributed by atoms with Gasteiger partial charge in [0.25, 0.3) is 5.91 Å². The highest BCUT2D eigenvalue weighted by molar-refractivity contribution is 7.80. The van der Waals surface area contributed by atoms with Gasteiger partial charge >= 0.3 is 0 Å². The molecule has 0 spiro atoms. The smallest absolute Gasteiger partial charge is 0.257 e. The Hall–Kier alpha value is -4.03. The van der Waals surface area contributed by atoms with E-state index in [0.29, 0.717) is 17.9 Å². The molecule has 0 radical (unpaired) electrons. The summed E-state index contributed by atoms with van der Waals surface area (Å²) >= 11 is 5.30. The molecule has 6 heteroatoms. The van der Waals surface area contributed by atoms with Crippen molar-refractivity contribution in [3.8, 4) is 5.75 Å². The molecule has 1 amide bonds. The van der Waals surface area contributed by atoms with Crippen molar-refractivity contribution in [3.05, 3.63) is 126 Å². The molecule has 3 aromatic carbocycles. The number of aromatic nitrogens is 1. The van der Waals surface area contributed by atoms with E-state index in [-0.39, 0.29) is 11.0 Å². The van der Waals surface area contributed by atoms with Crippen LogP contribution in [0.3, 0.4) is 0 Å². The van der Waals surface area contributed by atoms with E-state index in [2.05, 4.69) is 15.6 Å². The van der Waals surface area contributed by atoms with Gasteiger partial charge in [-0.25, -0.2) is 0 Å². The van der Waals surface area contributed by atoms with Crippen molar-refractivity contribution < 1.29 is 9.53 Å². The summed E-state index contributed by atoms with van der Waals surface area (Å²) in [6.45, 7) is 0.474. The van der Waals surface area contributed by atoms with Crippen LogP contribution in [-0.2, 0) is 13.0 Å². The maximum Gasteiger partial charge on any atom is 0.257 e. The van der Waals surface area contributed by atoms with Gasteiger partial charge in [0.15, 0.2) is 5.11 Å². The first-order chi connectivity index (χ1) is 16.2. The molecule has 4 aromatic rings. The molecule has 33 heavy (non-hydrogen) atoms. The largest absolute Gasteiger partial charge is 0.489 e. The third kappa shape index (κ3) is 6.72. The van der Waals surface area contributed by atoms with E-state index in [1.807, 2.05) is 66.7 Å². The molecule has 0 bridgehead atoms. The van der Waals surface area contributed by atoms with Crippen molar-refractivity contribution in [2.75, 3.05) is 5.32 Å². The zero-order valence-electron chi connectivity index (χ0n) is 17.9. The fraction of sp³-hybridized carbons (Fsp3) is 0.0741. The predicted octanol–water partition coefficient (Wildman–Crippen LogP) is 5.38. The van der Waals surface area contributed by atoms with Gasteiger partial charge in [-0.05, 0) is 83.9 Å². The second-order valence-corrected chi connectivity index (χ2v) is 7.84. The van der Waals surface area contributed by atoms with Crippen molar-refractivity contribution in [1.29, 1.82) is 0 Å². The summed E-state index contributed by atoms with van der Waals surface area (Å²) in [7, 11) is 0. The molecule has 0 fully saturated rings. The molecule has 0 aliphatic carbocycles. The molecule has 4 rings (SSSR count). The van der Waals surface area contributed by atoms with E-state index in [1.54, 1.807) is 36.7 Å². The lowest BCUT2D eigenvalue weighted by Crippen LogP contribution is -2.34. The van der Waals surface area contributed by atoms with Gasteiger partial charge in [-0.3, -0.25) is 15.1 Å². The molecule has 0 saturated heterocycles. The number of carbonyl (C=O) groups excluding carboxylic acids is 1. The Labute approximate surface area is 198 Å². The normalized spacial score (nSPS) is 10.3. The van der Waals surface area contributed by atoms with Gasteiger partial charge in [-0.1, -0.05) is 42.5 Å². The Morgan fingerprint density at radius 1 is 0.788 bits per heavy atom. The van der Waals surface area contributed by atoms with E-state index in [0.717, 1.165) is 17.7 Å². The van der Waals surface area contributed by atoms with Gasteiger partial charge in [0.05, 0.1) is 0 Å². The van der Waals surface area contributed by atoms with Gasteiger partial charge in [-0.15, -0.1) is 0 Å². The van der Waals surface area contributed by atoms with Gasteiger partial charge in [0, 0.05) is 23.6 Å². The van der Waals surface area contributed by atoms with Crippen LogP contribution in [0.15, 0.2) is 103 Å². The van der Waals surface area contributed by atoms with E-state index in [1.165, 1.54) is 11.1 Å². The van der Waals surface area contributed by atoms with Crippen molar-refractivity contribution >= 4 is 28.9 Å². The highest BCUT2D eigenvalue weighted by atomic mass is 32.1. The van der Waals surface area contributed by atoms with Crippen LogP contribution < -0.4 is 15.4 Å². The monoisotopic (exact) mass is 453 g/mol. The van der Waals surface area contributed by atoms with Crippen LogP contribution in [-0.4, -0.2) is 16.0 Å². The first-order valence-electron chi connectivity index (χ1n) is 10.5. The Morgan fingerprint density at radius 3 is 2.15 bits per heavy atom. The number of ether oxygens (including phenoxy) is 1. The number of nitrogens with one attached hydrogen (secondary N) is 2. The Bertz CT molecular complexity index is 1200. The number of nitrogens with zero attached hydrogens (tertiary/aromatic N) is 1. The van der Waals surface area contributed by atoms with Crippen molar-refractivity contribution in [2.45, 2.75) is 13.0 Å². The van der Waals surface area contributed by atoms with E-state index < -0.39 is 0 Å². The number of hydrogen-bond donors (Lipinski definition) is 2. The lowest BCUT2D eigenvalue weighted by atomic mass is 10.1. The molecule has 164 valence electrons. The molecule has 0 aliphatic heterocycles. The number of carbonyl (C=O) groups is 1. The maximum absolute atomic E-state index is 12.5. The second-order valence-electron chi connectivity index (χ2n) is 7.44. The minimum absolute atomic E-state index is 0.242. The number of thiocarbonyl (C=S) groups is 1. The van der Waals surface area contributed by atoms with Crippen LogP contribution in [0.4, 0.5) is 5.69 Å². The molecule has 5 nitrogen and oxygen atoms in total. The van der Waals surface area contributed by atoms with E-state index >= 15 is 0 Å². The minimum Gasteiger partial charge on any atom is -0.489 e. The van der Waals surface area contributed by atoms with Gasteiger partial charge < -0.3 is 10.1 Å².